The van der Waals surface area contributed by atoms with E-state index in [1.165, 1.54) is 32.1 Å². The van der Waals surface area contributed by atoms with E-state index in [1.807, 2.05) is 11.9 Å². The molecule has 13 heavy (non-hydrogen) atoms. The molecule has 0 radical (unpaired) electrons. The summed E-state index contributed by atoms with van der Waals surface area (Å²) in [6, 6.07) is 0.458. The van der Waals surface area contributed by atoms with Crippen LogP contribution in [-0.4, -0.2) is 23.9 Å². The zero-order valence-corrected chi connectivity index (χ0v) is 8.68. The van der Waals surface area contributed by atoms with Crippen LogP contribution in [0.1, 0.15) is 45.4 Å². The number of piperidine rings is 1. The minimum Gasteiger partial charge on any atom is -0.343 e. The maximum absolute atomic E-state index is 11.7. The monoisotopic (exact) mass is 181 g/mol. The number of carbonyl (C=O) groups excluding carboxylic acids is 1. The number of hydrogen-bond donors (Lipinski definition) is 0. The van der Waals surface area contributed by atoms with Gasteiger partial charge in [0.1, 0.15) is 0 Å². The molecule has 0 aromatic rings. The summed E-state index contributed by atoms with van der Waals surface area (Å²) in [5.74, 6) is 0.362. The largest absolute Gasteiger partial charge is 0.343 e. The molecule has 1 amide bonds. The van der Waals surface area contributed by atoms with Gasteiger partial charge in [-0.25, -0.2) is 0 Å². The first-order chi connectivity index (χ1) is 6.13. The highest BCUT2D eigenvalue weighted by atomic mass is 16.2. The van der Waals surface area contributed by atoms with Crippen LogP contribution in [0.15, 0.2) is 0 Å². The zero-order chi connectivity index (χ0) is 9.47. The lowest BCUT2D eigenvalue weighted by Gasteiger charge is -2.41. The van der Waals surface area contributed by atoms with Gasteiger partial charge in [-0.3, -0.25) is 4.79 Å². The Bertz CT molecular complexity index is 218. The molecule has 2 fully saturated rings. The molecule has 2 aliphatic rings. The second-order valence-electron chi connectivity index (χ2n) is 4.94. The van der Waals surface area contributed by atoms with Crippen molar-refractivity contribution < 1.29 is 4.79 Å². The van der Waals surface area contributed by atoms with Gasteiger partial charge in [-0.15, -0.1) is 0 Å². The van der Waals surface area contributed by atoms with Crippen molar-refractivity contribution in [3.63, 3.8) is 0 Å². The number of amides is 1. The molecule has 0 N–H and O–H groups in total. The van der Waals surface area contributed by atoms with Crippen LogP contribution in [-0.2, 0) is 4.79 Å². The normalized spacial score (nSPS) is 32.9. The Balaban J connectivity index is 2.12. The van der Waals surface area contributed by atoms with E-state index >= 15 is 0 Å². The highest BCUT2D eigenvalue weighted by Crippen LogP contribution is 2.47. The molecule has 74 valence electrons. The van der Waals surface area contributed by atoms with Crippen molar-refractivity contribution >= 4 is 5.91 Å². The standard InChI is InChI=1S/C11H19NO/c1-9-7-11(5-3-4-6-11)8-10(13)12(9)2/h9H,3-8H2,1-2H3. The van der Waals surface area contributed by atoms with E-state index in [0.29, 0.717) is 17.4 Å². The molecule has 1 saturated heterocycles. The highest BCUT2D eigenvalue weighted by Gasteiger charge is 2.42. The van der Waals surface area contributed by atoms with Crippen molar-refractivity contribution in [3.8, 4) is 0 Å². The SMILES string of the molecule is CC1CC2(CCCC2)CC(=O)N1C. The number of hydrogen-bond acceptors (Lipinski definition) is 1. The quantitative estimate of drug-likeness (QED) is 0.561. The minimum atomic E-state index is 0.362. The molecule has 2 heteroatoms. The predicted octanol–water partition coefficient (Wildman–Crippen LogP) is 2.19. The first-order valence-electron chi connectivity index (χ1n) is 5.39. The van der Waals surface area contributed by atoms with Crippen LogP contribution in [0.25, 0.3) is 0 Å². The average molecular weight is 181 g/mol. The van der Waals surface area contributed by atoms with Crippen molar-refractivity contribution in [2.45, 2.75) is 51.5 Å². The lowest BCUT2D eigenvalue weighted by Crippen LogP contribution is -2.46. The van der Waals surface area contributed by atoms with Crippen molar-refractivity contribution in [3.05, 3.63) is 0 Å². The first-order valence-corrected chi connectivity index (χ1v) is 5.39. The van der Waals surface area contributed by atoms with Crippen molar-refractivity contribution in [1.29, 1.82) is 0 Å². The maximum atomic E-state index is 11.7. The highest BCUT2D eigenvalue weighted by molar-refractivity contribution is 5.78. The van der Waals surface area contributed by atoms with E-state index in [4.69, 9.17) is 0 Å². The van der Waals surface area contributed by atoms with Crippen LogP contribution in [0.2, 0.25) is 0 Å². The van der Waals surface area contributed by atoms with Crippen molar-refractivity contribution in [2.24, 2.45) is 5.41 Å². The van der Waals surface area contributed by atoms with Crippen LogP contribution >= 0.6 is 0 Å². The Morgan fingerprint density at radius 3 is 2.54 bits per heavy atom. The summed E-state index contributed by atoms with van der Waals surface area (Å²) in [5, 5.41) is 0. The predicted molar refractivity (Wildman–Crippen MR) is 52.4 cm³/mol. The molecule has 1 atom stereocenters. The lowest BCUT2D eigenvalue weighted by molar-refractivity contribution is -0.139. The number of nitrogens with zero attached hydrogens (tertiary/aromatic N) is 1. The summed E-state index contributed by atoms with van der Waals surface area (Å²) in [6.07, 6.45) is 7.30. The second-order valence-corrected chi connectivity index (χ2v) is 4.94. The van der Waals surface area contributed by atoms with Gasteiger partial charge >= 0.3 is 0 Å². The van der Waals surface area contributed by atoms with Crippen LogP contribution in [0.4, 0.5) is 0 Å². The fourth-order valence-electron chi connectivity index (χ4n) is 3.03. The molecule has 1 aliphatic heterocycles. The van der Waals surface area contributed by atoms with Crippen LogP contribution in [0.5, 0.6) is 0 Å². The fraction of sp³-hybridized carbons (Fsp3) is 0.909. The third kappa shape index (κ3) is 1.47. The summed E-state index contributed by atoms with van der Waals surface area (Å²) in [7, 11) is 1.94. The van der Waals surface area contributed by atoms with Gasteiger partial charge in [-0.05, 0) is 31.6 Å². The Labute approximate surface area is 80.3 Å². The molecule has 1 unspecified atom stereocenters. The van der Waals surface area contributed by atoms with E-state index in [0.717, 1.165) is 6.42 Å². The molecule has 1 spiro atoms. The summed E-state index contributed by atoms with van der Waals surface area (Å²) in [4.78, 5) is 13.6. The molecule has 0 aromatic heterocycles. The first kappa shape index (κ1) is 9.04. The van der Waals surface area contributed by atoms with Gasteiger partial charge in [0.05, 0.1) is 0 Å². The summed E-state index contributed by atoms with van der Waals surface area (Å²) in [5.41, 5.74) is 0.406. The van der Waals surface area contributed by atoms with Gasteiger partial charge < -0.3 is 4.90 Å². The molecule has 1 saturated carbocycles. The zero-order valence-electron chi connectivity index (χ0n) is 8.68. The second kappa shape index (κ2) is 3.00. The smallest absolute Gasteiger partial charge is 0.223 e. The molecular formula is C11H19NO. The number of carbonyl (C=O) groups is 1. The summed E-state index contributed by atoms with van der Waals surface area (Å²) in [6.45, 7) is 2.18. The minimum absolute atomic E-state index is 0.362. The Hall–Kier alpha value is -0.530. The molecule has 2 rings (SSSR count). The molecule has 0 aromatic carbocycles. The van der Waals surface area contributed by atoms with E-state index in [9.17, 15) is 4.79 Å². The van der Waals surface area contributed by atoms with E-state index in [-0.39, 0.29) is 0 Å². The van der Waals surface area contributed by atoms with Gasteiger partial charge in [0.25, 0.3) is 0 Å². The fourth-order valence-corrected chi connectivity index (χ4v) is 3.03. The van der Waals surface area contributed by atoms with Gasteiger partial charge in [0.2, 0.25) is 5.91 Å². The van der Waals surface area contributed by atoms with Gasteiger partial charge in [-0.2, -0.15) is 0 Å². The third-order valence-electron chi connectivity index (χ3n) is 3.97. The molecule has 0 bridgehead atoms. The Morgan fingerprint density at radius 1 is 1.38 bits per heavy atom. The average Bonchev–Trinajstić information content (AvgIpc) is 2.49. The Morgan fingerprint density at radius 2 is 2.00 bits per heavy atom. The van der Waals surface area contributed by atoms with E-state index in [2.05, 4.69) is 6.92 Å². The molecule has 2 nitrogen and oxygen atoms in total. The number of likely N-dealkylation sites (tertiary alicyclic amines) is 1. The lowest BCUT2D eigenvalue weighted by atomic mass is 9.74. The van der Waals surface area contributed by atoms with Crippen molar-refractivity contribution in [1.82, 2.24) is 4.90 Å². The molecular weight excluding hydrogens is 162 g/mol. The molecule has 1 aliphatic carbocycles. The third-order valence-corrected chi connectivity index (χ3v) is 3.97. The van der Waals surface area contributed by atoms with Gasteiger partial charge in [0.15, 0.2) is 0 Å². The van der Waals surface area contributed by atoms with Gasteiger partial charge in [0, 0.05) is 19.5 Å². The van der Waals surface area contributed by atoms with Crippen molar-refractivity contribution in [2.75, 3.05) is 7.05 Å². The van der Waals surface area contributed by atoms with Crippen LogP contribution < -0.4 is 0 Å². The number of rotatable bonds is 0. The van der Waals surface area contributed by atoms with Crippen LogP contribution in [0.3, 0.4) is 0 Å². The van der Waals surface area contributed by atoms with E-state index < -0.39 is 0 Å². The van der Waals surface area contributed by atoms with Crippen LogP contribution in [0, 0.1) is 5.41 Å². The van der Waals surface area contributed by atoms with Gasteiger partial charge in [-0.1, -0.05) is 12.8 Å². The Kier molecular flexibility index (Phi) is 2.09. The van der Waals surface area contributed by atoms with E-state index in [1.54, 1.807) is 0 Å². The maximum Gasteiger partial charge on any atom is 0.223 e. The summed E-state index contributed by atoms with van der Waals surface area (Å²) >= 11 is 0. The summed E-state index contributed by atoms with van der Waals surface area (Å²) < 4.78 is 0. The molecule has 1 heterocycles. The topological polar surface area (TPSA) is 20.3 Å².